The number of benzene rings is 1. The van der Waals surface area contributed by atoms with Crippen molar-refractivity contribution in [2.24, 2.45) is 7.05 Å². The minimum absolute atomic E-state index is 0.0743. The normalized spacial score (nSPS) is 13.8. The summed E-state index contributed by atoms with van der Waals surface area (Å²) in [6.07, 6.45) is 7.38. The molecule has 1 aliphatic carbocycles. The smallest absolute Gasteiger partial charge is 0.254 e. The Morgan fingerprint density at radius 1 is 1.38 bits per heavy atom. The van der Waals surface area contributed by atoms with Crippen molar-refractivity contribution in [1.29, 1.82) is 0 Å². The molecule has 128 valence electrons. The third kappa shape index (κ3) is 4.14. The highest BCUT2D eigenvalue weighted by molar-refractivity contribution is 5.95. The molecule has 0 unspecified atom stereocenters. The molecule has 2 aromatic rings. The topological polar surface area (TPSA) is 70.4 Å². The molecule has 0 spiro atoms. The number of anilines is 2. The summed E-state index contributed by atoms with van der Waals surface area (Å²) in [5.41, 5.74) is 2.46. The molecular weight excluding hydrogens is 304 g/mol. The molecule has 1 aromatic heterocycles. The Morgan fingerprint density at radius 2 is 2.21 bits per heavy atom. The van der Waals surface area contributed by atoms with Gasteiger partial charge in [0.05, 0.1) is 11.9 Å². The van der Waals surface area contributed by atoms with Gasteiger partial charge in [-0.25, -0.2) is 0 Å². The molecular formula is C18H24N4O2. The van der Waals surface area contributed by atoms with Crippen molar-refractivity contribution in [2.45, 2.75) is 31.7 Å². The molecule has 6 nitrogen and oxygen atoms in total. The van der Waals surface area contributed by atoms with Gasteiger partial charge in [-0.3, -0.25) is 9.48 Å². The second-order valence-corrected chi connectivity index (χ2v) is 6.27. The van der Waals surface area contributed by atoms with Crippen LogP contribution in [0.2, 0.25) is 0 Å². The first kappa shape index (κ1) is 16.5. The number of aryl methyl sites for hydroxylation is 1. The minimum Gasteiger partial charge on any atom is -0.396 e. The largest absolute Gasteiger partial charge is 0.396 e. The Balaban J connectivity index is 1.70. The van der Waals surface area contributed by atoms with Gasteiger partial charge in [0.2, 0.25) is 0 Å². The van der Waals surface area contributed by atoms with E-state index in [0.29, 0.717) is 18.2 Å². The van der Waals surface area contributed by atoms with E-state index >= 15 is 0 Å². The number of aliphatic hydroxyl groups excluding tert-OH is 1. The van der Waals surface area contributed by atoms with E-state index in [-0.39, 0.29) is 12.5 Å². The van der Waals surface area contributed by atoms with Gasteiger partial charge in [0.1, 0.15) is 0 Å². The lowest BCUT2D eigenvalue weighted by Gasteiger charge is -2.22. The van der Waals surface area contributed by atoms with Crippen molar-refractivity contribution < 1.29 is 9.90 Å². The molecule has 6 heteroatoms. The van der Waals surface area contributed by atoms with Crippen molar-refractivity contribution >= 4 is 17.3 Å². The first-order valence-electron chi connectivity index (χ1n) is 8.45. The molecule has 0 atom stereocenters. The quantitative estimate of drug-likeness (QED) is 0.731. The van der Waals surface area contributed by atoms with Crippen LogP contribution in [0.25, 0.3) is 0 Å². The first-order chi connectivity index (χ1) is 11.7. The van der Waals surface area contributed by atoms with Crippen LogP contribution in [-0.4, -0.2) is 44.9 Å². The number of aromatic nitrogens is 2. The first-order valence-corrected chi connectivity index (χ1v) is 8.45. The Morgan fingerprint density at radius 3 is 2.88 bits per heavy atom. The van der Waals surface area contributed by atoms with Gasteiger partial charge < -0.3 is 15.3 Å². The highest BCUT2D eigenvalue weighted by Crippen LogP contribution is 2.29. The fraction of sp³-hybridized carbons (Fsp3) is 0.444. The third-order valence-electron chi connectivity index (χ3n) is 4.16. The van der Waals surface area contributed by atoms with Crippen LogP contribution in [0, 0.1) is 0 Å². The summed E-state index contributed by atoms with van der Waals surface area (Å²) in [6.45, 7) is 0.890. The third-order valence-corrected chi connectivity index (χ3v) is 4.16. The van der Waals surface area contributed by atoms with Crippen LogP contribution < -0.4 is 5.32 Å². The number of nitrogens with one attached hydrogen (secondary N) is 1. The van der Waals surface area contributed by atoms with E-state index in [1.165, 1.54) is 0 Å². The Labute approximate surface area is 142 Å². The molecule has 3 rings (SSSR count). The predicted octanol–water partition coefficient (Wildman–Crippen LogP) is 2.54. The maximum atomic E-state index is 12.8. The lowest BCUT2D eigenvalue weighted by atomic mass is 10.1. The summed E-state index contributed by atoms with van der Waals surface area (Å²) in [7, 11) is 1.87. The second-order valence-electron chi connectivity index (χ2n) is 6.27. The maximum Gasteiger partial charge on any atom is 0.254 e. The summed E-state index contributed by atoms with van der Waals surface area (Å²) in [5, 5.41) is 16.3. The van der Waals surface area contributed by atoms with Crippen molar-refractivity contribution in [2.75, 3.05) is 18.5 Å². The van der Waals surface area contributed by atoms with Gasteiger partial charge >= 0.3 is 0 Å². The van der Waals surface area contributed by atoms with Crippen LogP contribution in [0.5, 0.6) is 0 Å². The molecule has 1 fully saturated rings. The number of carbonyl (C=O) groups excluding carboxylic acids is 1. The standard InChI is InChI=1S/C18H24N4O2/c1-21-13-16(12-19-21)20-15-6-4-5-14(11-15)18(24)22(17-7-8-17)9-2-3-10-23/h4-6,11-13,17,20,23H,2-3,7-10H2,1H3. The summed E-state index contributed by atoms with van der Waals surface area (Å²) < 4.78 is 1.73. The minimum atomic E-state index is 0.0743. The van der Waals surface area contributed by atoms with Gasteiger partial charge in [0.25, 0.3) is 5.91 Å². The molecule has 1 amide bonds. The van der Waals surface area contributed by atoms with Crippen molar-refractivity contribution in [1.82, 2.24) is 14.7 Å². The van der Waals surface area contributed by atoms with Gasteiger partial charge in [-0.2, -0.15) is 5.10 Å². The second kappa shape index (κ2) is 7.49. The van der Waals surface area contributed by atoms with Gasteiger partial charge in [-0.05, 0) is 43.9 Å². The van der Waals surface area contributed by atoms with Crippen molar-refractivity contribution in [3.8, 4) is 0 Å². The van der Waals surface area contributed by atoms with Crippen LogP contribution in [0.1, 0.15) is 36.0 Å². The zero-order valence-corrected chi connectivity index (χ0v) is 14.0. The van der Waals surface area contributed by atoms with Crippen LogP contribution in [-0.2, 0) is 7.05 Å². The molecule has 0 bridgehead atoms. The molecule has 1 heterocycles. The van der Waals surface area contributed by atoms with E-state index in [0.717, 1.165) is 37.1 Å². The number of hydrogen-bond acceptors (Lipinski definition) is 4. The van der Waals surface area contributed by atoms with Gasteiger partial charge in [-0.1, -0.05) is 6.07 Å². The van der Waals surface area contributed by atoms with Crippen molar-refractivity contribution in [3.05, 3.63) is 42.2 Å². The number of hydrogen-bond donors (Lipinski definition) is 2. The lowest BCUT2D eigenvalue weighted by molar-refractivity contribution is 0.0737. The summed E-state index contributed by atoms with van der Waals surface area (Å²) in [5.74, 6) is 0.0743. The molecule has 0 aliphatic heterocycles. The van der Waals surface area contributed by atoms with Crippen LogP contribution in [0.15, 0.2) is 36.7 Å². The van der Waals surface area contributed by atoms with E-state index in [1.807, 2.05) is 42.4 Å². The SMILES string of the molecule is Cn1cc(Nc2cccc(C(=O)N(CCCCO)C3CC3)c2)cn1. The zero-order chi connectivity index (χ0) is 16.9. The van der Waals surface area contributed by atoms with E-state index in [1.54, 1.807) is 10.9 Å². The highest BCUT2D eigenvalue weighted by atomic mass is 16.3. The summed E-state index contributed by atoms with van der Waals surface area (Å²) in [6, 6.07) is 7.95. The average molecular weight is 328 g/mol. The fourth-order valence-corrected chi connectivity index (χ4v) is 2.78. The number of rotatable bonds is 8. The zero-order valence-electron chi connectivity index (χ0n) is 14.0. The maximum absolute atomic E-state index is 12.8. The van der Waals surface area contributed by atoms with E-state index in [4.69, 9.17) is 5.11 Å². The molecule has 1 aromatic carbocycles. The Bertz CT molecular complexity index is 694. The monoisotopic (exact) mass is 328 g/mol. The molecule has 1 aliphatic rings. The van der Waals surface area contributed by atoms with Gasteiger partial charge in [0, 0.05) is 43.7 Å². The number of unbranched alkanes of at least 4 members (excludes halogenated alkanes) is 1. The molecule has 2 N–H and O–H groups in total. The fourth-order valence-electron chi connectivity index (χ4n) is 2.78. The number of amides is 1. The van der Waals surface area contributed by atoms with Crippen LogP contribution in [0.3, 0.4) is 0 Å². The highest BCUT2D eigenvalue weighted by Gasteiger charge is 2.32. The van der Waals surface area contributed by atoms with E-state index < -0.39 is 0 Å². The molecule has 0 radical (unpaired) electrons. The Kier molecular flexibility index (Phi) is 5.15. The van der Waals surface area contributed by atoms with Crippen LogP contribution in [0.4, 0.5) is 11.4 Å². The summed E-state index contributed by atoms with van der Waals surface area (Å²) >= 11 is 0. The lowest BCUT2D eigenvalue weighted by Crippen LogP contribution is -2.34. The van der Waals surface area contributed by atoms with E-state index in [2.05, 4.69) is 10.4 Å². The molecule has 24 heavy (non-hydrogen) atoms. The van der Waals surface area contributed by atoms with Crippen molar-refractivity contribution in [3.63, 3.8) is 0 Å². The molecule has 0 saturated heterocycles. The van der Waals surface area contributed by atoms with Gasteiger partial charge in [0.15, 0.2) is 0 Å². The Hall–Kier alpha value is -2.34. The molecule has 1 saturated carbocycles. The van der Waals surface area contributed by atoms with Gasteiger partial charge in [-0.15, -0.1) is 0 Å². The number of nitrogens with zero attached hydrogens (tertiary/aromatic N) is 3. The summed E-state index contributed by atoms with van der Waals surface area (Å²) in [4.78, 5) is 14.8. The van der Waals surface area contributed by atoms with E-state index in [9.17, 15) is 4.79 Å². The van der Waals surface area contributed by atoms with Crippen LogP contribution >= 0.6 is 0 Å². The predicted molar refractivity (Wildman–Crippen MR) is 93.3 cm³/mol. The number of aliphatic hydroxyl groups is 1. The number of carbonyl (C=O) groups is 1. The average Bonchev–Trinajstić information content (AvgIpc) is 3.34.